The van der Waals surface area contributed by atoms with Crippen LogP contribution in [0.1, 0.15) is 32.1 Å². The summed E-state index contributed by atoms with van der Waals surface area (Å²) in [5.41, 5.74) is 0.652. The molecule has 2 aromatic rings. The summed E-state index contributed by atoms with van der Waals surface area (Å²) in [6.07, 6.45) is 5.96. The zero-order chi connectivity index (χ0) is 20.6. The SMILES string of the molecule is COC(=O)CCN[C@H]1CC[C@H](Nc2cc(Nc3ccc(F)c(Cl)c3)ncn2)CC1. The normalized spacial score (nSPS) is 18.9. The van der Waals surface area contributed by atoms with E-state index >= 15 is 0 Å². The topological polar surface area (TPSA) is 88.2 Å². The van der Waals surface area contributed by atoms with Gasteiger partial charge >= 0.3 is 5.97 Å². The molecule has 0 atom stereocenters. The maximum absolute atomic E-state index is 13.3. The Morgan fingerprint density at radius 2 is 1.90 bits per heavy atom. The molecule has 1 aromatic carbocycles. The predicted octanol–water partition coefficient (Wildman–Crippen LogP) is 3.89. The Bertz CT molecular complexity index is 830. The van der Waals surface area contributed by atoms with Gasteiger partial charge in [0.1, 0.15) is 23.8 Å². The number of esters is 1. The number of nitrogens with zero attached hydrogens (tertiary/aromatic N) is 2. The van der Waals surface area contributed by atoms with Crippen LogP contribution in [-0.2, 0) is 9.53 Å². The van der Waals surface area contributed by atoms with E-state index in [2.05, 4.69) is 30.7 Å². The highest BCUT2D eigenvalue weighted by Crippen LogP contribution is 2.24. The fraction of sp³-hybridized carbons (Fsp3) is 0.450. The first-order valence-electron chi connectivity index (χ1n) is 9.64. The summed E-state index contributed by atoms with van der Waals surface area (Å²) in [4.78, 5) is 19.7. The summed E-state index contributed by atoms with van der Waals surface area (Å²) in [6, 6.07) is 6.99. The Balaban J connectivity index is 1.47. The highest BCUT2D eigenvalue weighted by atomic mass is 35.5. The third kappa shape index (κ3) is 6.54. The maximum atomic E-state index is 13.3. The van der Waals surface area contributed by atoms with Gasteiger partial charge in [-0.2, -0.15) is 0 Å². The third-order valence-corrected chi connectivity index (χ3v) is 5.22. The molecular weight excluding hydrogens is 397 g/mol. The lowest BCUT2D eigenvalue weighted by molar-refractivity contribution is -0.140. The first kappa shape index (κ1) is 21.3. The average Bonchev–Trinajstić information content (AvgIpc) is 2.72. The van der Waals surface area contributed by atoms with Crippen LogP contribution in [0.25, 0.3) is 0 Å². The molecule has 1 saturated carbocycles. The van der Waals surface area contributed by atoms with Gasteiger partial charge in [-0.15, -0.1) is 0 Å². The van der Waals surface area contributed by atoms with Crippen LogP contribution in [0.3, 0.4) is 0 Å². The van der Waals surface area contributed by atoms with Crippen molar-refractivity contribution in [3.63, 3.8) is 0 Å². The number of methoxy groups -OCH3 is 1. The first-order valence-corrected chi connectivity index (χ1v) is 10.0. The average molecular weight is 422 g/mol. The molecular formula is C20H25ClFN5O2. The van der Waals surface area contributed by atoms with E-state index in [9.17, 15) is 9.18 Å². The molecule has 156 valence electrons. The molecule has 0 radical (unpaired) electrons. The summed E-state index contributed by atoms with van der Waals surface area (Å²) in [7, 11) is 1.40. The minimum atomic E-state index is -0.461. The van der Waals surface area contributed by atoms with Crippen molar-refractivity contribution in [2.75, 3.05) is 24.3 Å². The molecule has 0 unspecified atom stereocenters. The number of halogens is 2. The summed E-state index contributed by atoms with van der Waals surface area (Å²) in [5, 5.41) is 10.0. The van der Waals surface area contributed by atoms with Crippen molar-refractivity contribution in [2.45, 2.75) is 44.2 Å². The fourth-order valence-corrected chi connectivity index (χ4v) is 3.54. The second kappa shape index (κ2) is 10.4. The summed E-state index contributed by atoms with van der Waals surface area (Å²) < 4.78 is 17.9. The summed E-state index contributed by atoms with van der Waals surface area (Å²) in [6.45, 7) is 0.643. The number of benzene rings is 1. The van der Waals surface area contributed by atoms with Gasteiger partial charge in [-0.25, -0.2) is 14.4 Å². The molecule has 0 bridgehead atoms. The molecule has 9 heteroatoms. The highest BCUT2D eigenvalue weighted by molar-refractivity contribution is 6.31. The quantitative estimate of drug-likeness (QED) is 0.557. The van der Waals surface area contributed by atoms with Gasteiger partial charge in [-0.1, -0.05) is 11.6 Å². The number of rotatable bonds is 8. The Labute approximate surface area is 174 Å². The van der Waals surface area contributed by atoms with E-state index in [1.807, 2.05) is 6.07 Å². The minimum absolute atomic E-state index is 0.0550. The third-order valence-electron chi connectivity index (χ3n) is 4.93. The van der Waals surface area contributed by atoms with Gasteiger partial charge in [0.05, 0.1) is 18.6 Å². The molecule has 1 fully saturated rings. The number of anilines is 3. The van der Waals surface area contributed by atoms with E-state index in [1.54, 1.807) is 6.07 Å². The lowest BCUT2D eigenvalue weighted by Gasteiger charge is -2.30. The van der Waals surface area contributed by atoms with Crippen LogP contribution in [0.4, 0.5) is 21.7 Å². The molecule has 29 heavy (non-hydrogen) atoms. The molecule has 0 spiro atoms. The number of ether oxygens (including phenoxy) is 1. The van der Waals surface area contributed by atoms with E-state index in [4.69, 9.17) is 11.6 Å². The van der Waals surface area contributed by atoms with Gasteiger partial charge in [0.15, 0.2) is 0 Å². The number of aromatic nitrogens is 2. The molecule has 1 aliphatic carbocycles. The Morgan fingerprint density at radius 1 is 1.17 bits per heavy atom. The molecule has 3 rings (SSSR count). The predicted molar refractivity (Wildman–Crippen MR) is 111 cm³/mol. The van der Waals surface area contributed by atoms with Crippen molar-refractivity contribution in [1.82, 2.24) is 15.3 Å². The van der Waals surface area contributed by atoms with Gasteiger partial charge in [-0.3, -0.25) is 4.79 Å². The van der Waals surface area contributed by atoms with Crippen LogP contribution in [0.5, 0.6) is 0 Å². The van der Waals surface area contributed by atoms with Crippen LogP contribution in [0.15, 0.2) is 30.6 Å². The summed E-state index contributed by atoms with van der Waals surface area (Å²) in [5.74, 6) is 0.683. The molecule has 0 saturated heterocycles. The van der Waals surface area contributed by atoms with E-state index in [0.29, 0.717) is 36.6 Å². The minimum Gasteiger partial charge on any atom is -0.469 e. The number of carbonyl (C=O) groups is 1. The smallest absolute Gasteiger partial charge is 0.306 e. The zero-order valence-electron chi connectivity index (χ0n) is 16.3. The Kier molecular flexibility index (Phi) is 7.60. The monoisotopic (exact) mass is 421 g/mol. The molecule has 1 aliphatic rings. The molecule has 0 amide bonds. The van der Waals surface area contributed by atoms with Crippen molar-refractivity contribution < 1.29 is 13.9 Å². The van der Waals surface area contributed by atoms with Crippen molar-refractivity contribution >= 4 is 34.9 Å². The Hall–Kier alpha value is -2.45. The largest absolute Gasteiger partial charge is 0.469 e. The molecule has 3 N–H and O–H groups in total. The van der Waals surface area contributed by atoms with Gasteiger partial charge < -0.3 is 20.7 Å². The molecule has 0 aliphatic heterocycles. The van der Waals surface area contributed by atoms with Crippen molar-refractivity contribution in [3.05, 3.63) is 41.4 Å². The van der Waals surface area contributed by atoms with E-state index < -0.39 is 5.82 Å². The van der Waals surface area contributed by atoms with Crippen LogP contribution in [0.2, 0.25) is 5.02 Å². The number of hydrogen-bond donors (Lipinski definition) is 3. The maximum Gasteiger partial charge on any atom is 0.306 e. The van der Waals surface area contributed by atoms with E-state index in [1.165, 1.54) is 25.6 Å². The van der Waals surface area contributed by atoms with Gasteiger partial charge in [0.25, 0.3) is 0 Å². The van der Waals surface area contributed by atoms with Gasteiger partial charge in [0.2, 0.25) is 0 Å². The van der Waals surface area contributed by atoms with Crippen LogP contribution in [0, 0.1) is 5.82 Å². The first-order chi connectivity index (χ1) is 14.0. The van der Waals surface area contributed by atoms with E-state index in [0.717, 1.165) is 31.5 Å². The van der Waals surface area contributed by atoms with Gasteiger partial charge in [0, 0.05) is 30.4 Å². The van der Waals surface area contributed by atoms with Gasteiger partial charge in [-0.05, 0) is 43.9 Å². The van der Waals surface area contributed by atoms with Crippen molar-refractivity contribution in [3.8, 4) is 0 Å². The summed E-state index contributed by atoms with van der Waals surface area (Å²) >= 11 is 5.82. The fourth-order valence-electron chi connectivity index (χ4n) is 3.36. The second-order valence-electron chi connectivity index (χ2n) is 7.02. The Morgan fingerprint density at radius 3 is 2.62 bits per heavy atom. The molecule has 7 nitrogen and oxygen atoms in total. The zero-order valence-corrected chi connectivity index (χ0v) is 17.0. The van der Waals surface area contributed by atoms with E-state index in [-0.39, 0.29) is 11.0 Å². The van der Waals surface area contributed by atoms with Crippen LogP contribution >= 0.6 is 11.6 Å². The van der Waals surface area contributed by atoms with Crippen molar-refractivity contribution in [2.24, 2.45) is 0 Å². The molecule has 1 aromatic heterocycles. The number of hydrogen-bond acceptors (Lipinski definition) is 7. The lowest BCUT2D eigenvalue weighted by Crippen LogP contribution is -2.38. The second-order valence-corrected chi connectivity index (χ2v) is 7.42. The van der Waals surface area contributed by atoms with Crippen molar-refractivity contribution in [1.29, 1.82) is 0 Å². The lowest BCUT2D eigenvalue weighted by atomic mass is 9.91. The molecule has 1 heterocycles. The number of carbonyl (C=O) groups excluding carboxylic acids is 1. The van der Waals surface area contributed by atoms with Crippen LogP contribution < -0.4 is 16.0 Å². The standard InChI is InChI=1S/C20H25ClFN5O2/c1-29-20(28)8-9-23-13-2-4-14(5-3-13)26-18-11-19(25-12-24-18)27-15-6-7-17(22)16(21)10-15/h6-7,10-14,23H,2-5,8-9H2,1H3,(H2,24,25,26,27)/t13-,14-. The number of nitrogens with one attached hydrogen (secondary N) is 3. The van der Waals surface area contributed by atoms with Crippen LogP contribution in [-0.4, -0.2) is 41.7 Å². The highest BCUT2D eigenvalue weighted by Gasteiger charge is 2.21.